The number of carbonyl (C=O) groups excluding carboxylic acids is 2. The van der Waals surface area contributed by atoms with Crippen LogP contribution in [-0.2, 0) is 14.3 Å². The van der Waals surface area contributed by atoms with Crippen LogP contribution in [0.3, 0.4) is 0 Å². The van der Waals surface area contributed by atoms with E-state index in [1.807, 2.05) is 30.3 Å². The number of benzene rings is 2. The molecule has 2 rings (SSSR count). The molecule has 0 radical (unpaired) electrons. The Kier molecular flexibility index (Phi) is 11.6. The zero-order chi connectivity index (χ0) is 25.5. The molecule has 0 saturated carbocycles. The molecule has 35 heavy (non-hydrogen) atoms. The maximum atomic E-state index is 12.3. The molecule has 0 fully saturated rings. The summed E-state index contributed by atoms with van der Waals surface area (Å²) < 4.78 is 21.2. The maximum absolute atomic E-state index is 12.3. The first-order valence-corrected chi connectivity index (χ1v) is 11.2. The summed E-state index contributed by atoms with van der Waals surface area (Å²) in [6.45, 7) is 3.41. The van der Waals surface area contributed by atoms with E-state index in [0.717, 1.165) is 24.2 Å². The summed E-state index contributed by atoms with van der Waals surface area (Å²) in [4.78, 5) is 24.4. The van der Waals surface area contributed by atoms with E-state index in [9.17, 15) is 14.9 Å². The molecule has 184 valence electrons. The Morgan fingerprint density at radius 2 is 1.77 bits per heavy atom. The van der Waals surface area contributed by atoms with E-state index in [0.29, 0.717) is 18.8 Å². The largest absolute Gasteiger partial charge is 0.494 e. The molecule has 0 spiro atoms. The van der Waals surface area contributed by atoms with Gasteiger partial charge in [0.1, 0.15) is 17.4 Å². The van der Waals surface area contributed by atoms with Crippen molar-refractivity contribution in [3.8, 4) is 23.3 Å². The van der Waals surface area contributed by atoms with Crippen molar-refractivity contribution >= 4 is 24.0 Å². The number of carbonyl (C=O) groups is 2. The summed E-state index contributed by atoms with van der Waals surface area (Å²) in [7, 11) is 2.95. The number of amides is 1. The molecule has 2 aromatic carbocycles. The van der Waals surface area contributed by atoms with Crippen LogP contribution in [0.2, 0.25) is 0 Å². The van der Waals surface area contributed by atoms with E-state index in [1.165, 1.54) is 32.4 Å². The van der Waals surface area contributed by atoms with Crippen LogP contribution in [0.15, 0.2) is 54.1 Å². The van der Waals surface area contributed by atoms with Crippen molar-refractivity contribution in [2.45, 2.75) is 19.8 Å². The molecule has 0 aliphatic carbocycles. The van der Waals surface area contributed by atoms with Crippen LogP contribution < -0.4 is 19.5 Å². The summed E-state index contributed by atoms with van der Waals surface area (Å²) in [5.74, 6) is 0.187. The third-order valence-electron chi connectivity index (χ3n) is 4.72. The highest BCUT2D eigenvalue weighted by molar-refractivity contribution is 6.01. The van der Waals surface area contributed by atoms with Gasteiger partial charge in [-0.15, -0.1) is 0 Å². The second-order valence-corrected chi connectivity index (χ2v) is 7.35. The summed E-state index contributed by atoms with van der Waals surface area (Å²) in [5, 5.41) is 11.9. The van der Waals surface area contributed by atoms with Gasteiger partial charge in [0.2, 0.25) is 0 Å². The fourth-order valence-electron chi connectivity index (χ4n) is 2.85. The zero-order valence-corrected chi connectivity index (χ0v) is 20.2. The third-order valence-corrected chi connectivity index (χ3v) is 4.72. The number of nitriles is 1. The Bertz CT molecular complexity index is 1080. The first kappa shape index (κ1) is 27.2. The SMILES string of the molecule is CCCCOc1ccc(/C=C/C(=O)Oc2ccc(/C=C(\C#N)C(=O)NCCOC)cc2OC)cc1. The van der Waals surface area contributed by atoms with Crippen LogP contribution >= 0.6 is 0 Å². The van der Waals surface area contributed by atoms with E-state index >= 15 is 0 Å². The molecule has 0 atom stereocenters. The molecular weight excluding hydrogens is 448 g/mol. The maximum Gasteiger partial charge on any atom is 0.336 e. The van der Waals surface area contributed by atoms with Gasteiger partial charge in [-0.3, -0.25) is 4.79 Å². The molecule has 0 unspecified atom stereocenters. The molecule has 1 amide bonds. The third kappa shape index (κ3) is 9.35. The minimum atomic E-state index is -0.579. The van der Waals surface area contributed by atoms with Crippen molar-refractivity contribution in [1.29, 1.82) is 5.26 Å². The second kappa shape index (κ2) is 14.9. The van der Waals surface area contributed by atoms with Gasteiger partial charge in [-0.1, -0.05) is 31.5 Å². The topological polar surface area (TPSA) is 107 Å². The number of ether oxygens (including phenoxy) is 4. The van der Waals surface area contributed by atoms with Gasteiger partial charge in [0, 0.05) is 19.7 Å². The molecule has 1 N–H and O–H groups in total. The highest BCUT2D eigenvalue weighted by Gasteiger charge is 2.12. The highest BCUT2D eigenvalue weighted by Crippen LogP contribution is 2.29. The fraction of sp³-hybridized carbons (Fsp3) is 0.296. The van der Waals surface area contributed by atoms with Gasteiger partial charge in [-0.25, -0.2) is 4.79 Å². The van der Waals surface area contributed by atoms with E-state index in [4.69, 9.17) is 18.9 Å². The molecule has 0 aromatic heterocycles. The molecule has 0 heterocycles. The smallest absolute Gasteiger partial charge is 0.336 e. The monoisotopic (exact) mass is 478 g/mol. The van der Waals surface area contributed by atoms with E-state index < -0.39 is 11.9 Å². The lowest BCUT2D eigenvalue weighted by Crippen LogP contribution is -2.27. The Labute approximate surface area is 205 Å². The average Bonchev–Trinajstić information content (AvgIpc) is 2.87. The Morgan fingerprint density at radius 1 is 1.03 bits per heavy atom. The zero-order valence-electron chi connectivity index (χ0n) is 20.2. The van der Waals surface area contributed by atoms with E-state index in [2.05, 4.69) is 12.2 Å². The summed E-state index contributed by atoms with van der Waals surface area (Å²) in [5.41, 5.74) is 1.29. The molecule has 8 heteroatoms. The van der Waals surface area contributed by atoms with Crippen LogP contribution in [0.5, 0.6) is 17.2 Å². The quantitative estimate of drug-likeness (QED) is 0.151. The van der Waals surface area contributed by atoms with Gasteiger partial charge in [-0.2, -0.15) is 5.26 Å². The minimum Gasteiger partial charge on any atom is -0.494 e. The van der Waals surface area contributed by atoms with Crippen LogP contribution in [0.25, 0.3) is 12.2 Å². The van der Waals surface area contributed by atoms with Crippen LogP contribution in [0.4, 0.5) is 0 Å². The van der Waals surface area contributed by atoms with Gasteiger partial charge in [0.05, 0.1) is 20.3 Å². The predicted molar refractivity (Wildman–Crippen MR) is 133 cm³/mol. The van der Waals surface area contributed by atoms with Crippen LogP contribution in [0.1, 0.15) is 30.9 Å². The first-order chi connectivity index (χ1) is 17.0. The minimum absolute atomic E-state index is 0.0717. The first-order valence-electron chi connectivity index (χ1n) is 11.2. The van der Waals surface area contributed by atoms with Gasteiger partial charge < -0.3 is 24.3 Å². The van der Waals surface area contributed by atoms with Crippen molar-refractivity contribution < 1.29 is 28.5 Å². The van der Waals surface area contributed by atoms with Crippen molar-refractivity contribution in [3.63, 3.8) is 0 Å². The lowest BCUT2D eigenvalue weighted by Gasteiger charge is -2.09. The molecule has 0 saturated heterocycles. The number of esters is 1. The molecule has 8 nitrogen and oxygen atoms in total. The number of unbranched alkanes of at least 4 members (excludes halogenated alkanes) is 1. The number of methoxy groups -OCH3 is 2. The van der Waals surface area contributed by atoms with Gasteiger partial charge in [0.25, 0.3) is 5.91 Å². The van der Waals surface area contributed by atoms with Crippen LogP contribution in [-0.4, -0.2) is 45.9 Å². The Balaban J connectivity index is 2.03. The lowest BCUT2D eigenvalue weighted by atomic mass is 10.1. The van der Waals surface area contributed by atoms with Gasteiger partial charge in [0.15, 0.2) is 11.5 Å². The van der Waals surface area contributed by atoms with Crippen LogP contribution in [0, 0.1) is 11.3 Å². The molecule has 2 aromatic rings. The summed E-state index contributed by atoms with van der Waals surface area (Å²) >= 11 is 0. The fourth-order valence-corrected chi connectivity index (χ4v) is 2.85. The molecule has 0 bridgehead atoms. The number of nitrogens with one attached hydrogen (secondary N) is 1. The van der Waals surface area contributed by atoms with Crippen molar-refractivity contribution in [1.82, 2.24) is 5.32 Å². The van der Waals surface area contributed by atoms with E-state index in [-0.39, 0.29) is 23.6 Å². The standard InChI is InChI=1S/C27H30N2O6/c1-4-5-15-34-23-10-6-20(7-11-23)9-13-26(30)35-24-12-8-21(18-25(24)33-3)17-22(19-28)27(31)29-14-16-32-2/h6-13,17-18H,4-5,14-16H2,1-3H3,(H,29,31)/b13-9+,22-17+. The second-order valence-electron chi connectivity index (χ2n) is 7.35. The summed E-state index contributed by atoms with van der Waals surface area (Å²) in [6, 6.07) is 14.0. The average molecular weight is 479 g/mol. The van der Waals surface area contributed by atoms with Gasteiger partial charge >= 0.3 is 5.97 Å². The Hall–Kier alpha value is -4.09. The van der Waals surface area contributed by atoms with Crippen molar-refractivity contribution in [3.05, 3.63) is 65.2 Å². The highest BCUT2D eigenvalue weighted by atomic mass is 16.6. The van der Waals surface area contributed by atoms with E-state index in [1.54, 1.807) is 18.2 Å². The molecule has 0 aliphatic heterocycles. The lowest BCUT2D eigenvalue weighted by molar-refractivity contribution is -0.129. The van der Waals surface area contributed by atoms with Gasteiger partial charge in [-0.05, 0) is 54.0 Å². The number of nitrogens with zero attached hydrogens (tertiary/aromatic N) is 1. The predicted octanol–water partition coefficient (Wildman–Crippen LogP) is 4.16. The normalized spacial score (nSPS) is 11.1. The number of hydrogen-bond donors (Lipinski definition) is 1. The molecule has 0 aliphatic rings. The number of hydrogen-bond acceptors (Lipinski definition) is 7. The van der Waals surface area contributed by atoms with Crippen molar-refractivity contribution in [2.75, 3.05) is 34.0 Å². The number of rotatable bonds is 13. The Morgan fingerprint density at radius 3 is 2.43 bits per heavy atom. The summed E-state index contributed by atoms with van der Waals surface area (Å²) in [6.07, 6.45) is 6.45. The molecular formula is C27H30N2O6. The van der Waals surface area contributed by atoms with Crippen molar-refractivity contribution in [2.24, 2.45) is 0 Å².